The quantitative estimate of drug-likeness (QED) is 0.737. The summed E-state index contributed by atoms with van der Waals surface area (Å²) >= 11 is 0. The normalized spacial score (nSPS) is 25.2. The molecule has 1 saturated carbocycles. The molecule has 1 aliphatic carbocycles. The zero-order valence-electron chi connectivity index (χ0n) is 17.8. The van der Waals surface area contributed by atoms with Gasteiger partial charge < -0.3 is 24.0 Å². The van der Waals surface area contributed by atoms with Crippen molar-refractivity contribution in [3.05, 3.63) is 23.5 Å². The fraction of sp³-hybridized carbons (Fsp3) is 0.682. The summed E-state index contributed by atoms with van der Waals surface area (Å²) in [5, 5.41) is 0. The highest BCUT2D eigenvalue weighted by molar-refractivity contribution is 5.79. The van der Waals surface area contributed by atoms with Crippen molar-refractivity contribution >= 4 is 12.0 Å². The van der Waals surface area contributed by atoms with Crippen LogP contribution in [-0.2, 0) is 20.7 Å². The molecular weight excluding hydrogens is 386 g/mol. The van der Waals surface area contributed by atoms with E-state index in [1.165, 1.54) is 0 Å². The Hall–Kier alpha value is -2.35. The number of likely N-dealkylation sites (tertiary alicyclic amines) is 1. The van der Waals surface area contributed by atoms with Crippen LogP contribution in [0, 0.1) is 5.41 Å². The zero-order chi connectivity index (χ0) is 21.1. The van der Waals surface area contributed by atoms with Gasteiger partial charge in [0.25, 0.3) is 0 Å². The first-order valence-corrected chi connectivity index (χ1v) is 10.7. The van der Waals surface area contributed by atoms with Gasteiger partial charge >= 0.3 is 6.09 Å². The van der Waals surface area contributed by atoms with E-state index < -0.39 is 5.60 Å². The van der Waals surface area contributed by atoms with Gasteiger partial charge in [-0.05, 0) is 39.7 Å². The number of amides is 2. The lowest BCUT2D eigenvalue weighted by atomic mass is 9.62. The monoisotopic (exact) mass is 415 g/mol. The molecule has 1 spiro atoms. The van der Waals surface area contributed by atoms with Crippen molar-refractivity contribution in [3.8, 4) is 5.75 Å². The number of carbonyl (C=O) groups excluding carboxylic acids is 2. The van der Waals surface area contributed by atoms with E-state index in [1.807, 2.05) is 31.7 Å². The lowest BCUT2D eigenvalue weighted by molar-refractivity contribution is -0.149. The molecule has 2 amide bonds. The van der Waals surface area contributed by atoms with Crippen molar-refractivity contribution in [2.75, 3.05) is 32.8 Å². The second kappa shape index (κ2) is 6.83. The van der Waals surface area contributed by atoms with Gasteiger partial charge in [-0.2, -0.15) is 0 Å². The molecule has 8 nitrogen and oxygen atoms in total. The summed E-state index contributed by atoms with van der Waals surface area (Å²) < 4.78 is 17.3. The number of nitrogens with zero attached hydrogens (tertiary/aromatic N) is 3. The molecule has 162 valence electrons. The Bertz CT molecular complexity index is 866. The Morgan fingerprint density at radius 3 is 2.80 bits per heavy atom. The second-order valence-corrected chi connectivity index (χ2v) is 10.0. The average molecular weight is 415 g/mol. The standard InChI is InChI=1S/C22H29N3O5/c1-21(2,3)30-20(27)24-12-22(13-24)8-14(9-22)29-17-4-6-23-15-5-7-25-16(19(15)17)10-28-11-18(25)26/h4,6,14,16H,5,7-13H2,1-3H3. The van der Waals surface area contributed by atoms with E-state index >= 15 is 0 Å². The number of hydrogen-bond donors (Lipinski definition) is 0. The van der Waals surface area contributed by atoms with Gasteiger partial charge in [0, 0.05) is 43.2 Å². The molecule has 0 bridgehead atoms. The van der Waals surface area contributed by atoms with E-state index in [9.17, 15) is 9.59 Å². The molecule has 30 heavy (non-hydrogen) atoms. The molecule has 1 aromatic rings. The minimum Gasteiger partial charge on any atom is -0.490 e. The molecule has 3 aliphatic heterocycles. The van der Waals surface area contributed by atoms with Crippen LogP contribution in [0.15, 0.2) is 12.3 Å². The number of hydrogen-bond acceptors (Lipinski definition) is 6. The van der Waals surface area contributed by atoms with Gasteiger partial charge in [-0.1, -0.05) is 0 Å². The summed E-state index contributed by atoms with van der Waals surface area (Å²) in [5.41, 5.74) is 1.69. The van der Waals surface area contributed by atoms with Crippen LogP contribution in [0.2, 0.25) is 0 Å². The molecule has 3 fully saturated rings. The van der Waals surface area contributed by atoms with Gasteiger partial charge in [-0.3, -0.25) is 9.78 Å². The number of carbonyl (C=O) groups is 2. The van der Waals surface area contributed by atoms with Gasteiger partial charge in [0.05, 0.1) is 18.3 Å². The topological polar surface area (TPSA) is 81.2 Å². The van der Waals surface area contributed by atoms with Crippen LogP contribution in [0.25, 0.3) is 0 Å². The van der Waals surface area contributed by atoms with Crippen molar-refractivity contribution in [1.82, 2.24) is 14.8 Å². The van der Waals surface area contributed by atoms with Crippen LogP contribution in [0.3, 0.4) is 0 Å². The van der Waals surface area contributed by atoms with Crippen molar-refractivity contribution < 1.29 is 23.8 Å². The van der Waals surface area contributed by atoms with E-state index in [2.05, 4.69) is 4.98 Å². The van der Waals surface area contributed by atoms with Gasteiger partial charge in [-0.25, -0.2) is 4.79 Å². The smallest absolute Gasteiger partial charge is 0.410 e. The summed E-state index contributed by atoms with van der Waals surface area (Å²) in [5.74, 6) is 0.849. The minimum atomic E-state index is -0.469. The van der Waals surface area contributed by atoms with Gasteiger partial charge in [0.1, 0.15) is 24.1 Å². The van der Waals surface area contributed by atoms with E-state index in [4.69, 9.17) is 14.2 Å². The number of aromatic nitrogens is 1. The number of morpholine rings is 1. The molecule has 4 heterocycles. The summed E-state index contributed by atoms with van der Waals surface area (Å²) in [6.07, 6.45) is 4.27. The van der Waals surface area contributed by atoms with E-state index in [0.29, 0.717) is 13.2 Å². The Labute approximate surface area is 176 Å². The van der Waals surface area contributed by atoms with Crippen LogP contribution in [-0.4, -0.2) is 71.3 Å². The van der Waals surface area contributed by atoms with Crippen LogP contribution >= 0.6 is 0 Å². The van der Waals surface area contributed by atoms with E-state index in [0.717, 1.165) is 49.4 Å². The first-order chi connectivity index (χ1) is 14.2. The fourth-order valence-electron chi connectivity index (χ4n) is 5.15. The third kappa shape index (κ3) is 3.41. The largest absolute Gasteiger partial charge is 0.490 e. The van der Waals surface area contributed by atoms with Crippen molar-refractivity contribution in [2.24, 2.45) is 5.41 Å². The summed E-state index contributed by atoms with van der Waals surface area (Å²) in [7, 11) is 0. The van der Waals surface area contributed by atoms with Crippen molar-refractivity contribution in [3.63, 3.8) is 0 Å². The number of rotatable bonds is 2. The third-order valence-electron chi connectivity index (χ3n) is 6.47. The van der Waals surface area contributed by atoms with Gasteiger partial charge in [-0.15, -0.1) is 0 Å². The predicted molar refractivity (Wildman–Crippen MR) is 107 cm³/mol. The van der Waals surface area contributed by atoms with Gasteiger partial charge in [0.2, 0.25) is 5.91 Å². The fourth-order valence-corrected chi connectivity index (χ4v) is 5.15. The maximum Gasteiger partial charge on any atom is 0.410 e. The minimum absolute atomic E-state index is 0.0333. The first-order valence-electron chi connectivity index (χ1n) is 10.7. The van der Waals surface area contributed by atoms with Crippen LogP contribution in [0.5, 0.6) is 5.75 Å². The van der Waals surface area contributed by atoms with Gasteiger partial charge in [0.15, 0.2) is 0 Å². The molecule has 0 aromatic carbocycles. The molecule has 4 aliphatic rings. The van der Waals surface area contributed by atoms with Crippen molar-refractivity contribution in [2.45, 2.75) is 57.8 Å². The first kappa shape index (κ1) is 19.6. The molecule has 2 saturated heterocycles. The maximum absolute atomic E-state index is 12.2. The molecule has 5 rings (SSSR count). The molecule has 1 atom stereocenters. The van der Waals surface area contributed by atoms with E-state index in [-0.39, 0.29) is 36.2 Å². The number of pyridine rings is 1. The summed E-state index contributed by atoms with van der Waals surface area (Å²) in [6.45, 7) is 8.44. The lowest BCUT2D eigenvalue weighted by Crippen LogP contribution is -2.66. The average Bonchev–Trinajstić information content (AvgIpc) is 2.61. The van der Waals surface area contributed by atoms with Crippen LogP contribution in [0.4, 0.5) is 4.79 Å². The molecule has 1 unspecified atom stereocenters. The lowest BCUT2D eigenvalue weighted by Gasteiger charge is -2.58. The van der Waals surface area contributed by atoms with Crippen LogP contribution in [0.1, 0.15) is 50.9 Å². The number of fused-ring (bicyclic) bond motifs is 3. The maximum atomic E-state index is 12.2. The van der Waals surface area contributed by atoms with Crippen LogP contribution < -0.4 is 4.74 Å². The second-order valence-electron chi connectivity index (χ2n) is 10.0. The zero-order valence-corrected chi connectivity index (χ0v) is 17.8. The highest BCUT2D eigenvalue weighted by atomic mass is 16.6. The molecule has 8 heteroatoms. The highest BCUT2D eigenvalue weighted by Gasteiger charge is 2.55. The molecule has 0 N–H and O–H groups in total. The third-order valence-corrected chi connectivity index (χ3v) is 6.47. The molecule has 1 aromatic heterocycles. The Morgan fingerprint density at radius 2 is 2.07 bits per heavy atom. The molecule has 0 radical (unpaired) electrons. The number of ether oxygens (including phenoxy) is 3. The Morgan fingerprint density at radius 1 is 1.30 bits per heavy atom. The SMILES string of the molecule is CC(C)(C)OC(=O)N1CC2(CC(Oc3ccnc4c3C3COCC(=O)N3CC4)C2)C1. The Kier molecular flexibility index (Phi) is 4.47. The predicted octanol–water partition coefficient (Wildman–Crippen LogP) is 2.32. The van der Waals surface area contributed by atoms with E-state index in [1.54, 1.807) is 11.1 Å². The summed E-state index contributed by atoms with van der Waals surface area (Å²) in [6, 6.07) is 1.79. The van der Waals surface area contributed by atoms with Crippen molar-refractivity contribution in [1.29, 1.82) is 0 Å². The Balaban J connectivity index is 1.22. The summed E-state index contributed by atoms with van der Waals surface area (Å²) in [4.78, 5) is 32.6. The molecular formula is C22H29N3O5. The highest BCUT2D eigenvalue weighted by Crippen LogP contribution is 2.50.